The van der Waals surface area contributed by atoms with Crippen molar-refractivity contribution in [3.8, 4) is 0 Å². The van der Waals surface area contributed by atoms with Crippen LogP contribution in [0.3, 0.4) is 0 Å². The number of nitrogens with zero attached hydrogens (tertiary/aromatic N) is 3. The second kappa shape index (κ2) is 8.69. The maximum atomic E-state index is 12.9. The fraction of sp³-hybridized carbons (Fsp3) is 0.364. The van der Waals surface area contributed by atoms with Crippen molar-refractivity contribution in [1.82, 2.24) is 9.88 Å². The van der Waals surface area contributed by atoms with Gasteiger partial charge in [-0.3, -0.25) is 4.79 Å². The van der Waals surface area contributed by atoms with Gasteiger partial charge in [0.05, 0.1) is 25.3 Å². The predicted molar refractivity (Wildman–Crippen MR) is 130 cm³/mol. The van der Waals surface area contributed by atoms with Crippen molar-refractivity contribution in [2.75, 3.05) is 37.3 Å². The largest absolute Gasteiger partial charge is 0.345 e. The van der Waals surface area contributed by atoms with Gasteiger partial charge < -0.3 is 9.80 Å². The number of thiazole rings is 1. The number of fused-ring (bicyclic) bond motifs is 1. The lowest BCUT2D eigenvalue weighted by atomic mass is 10.2. The first-order valence-electron chi connectivity index (χ1n) is 10.5. The molecule has 3 aromatic rings. The molecule has 11 heteroatoms. The summed E-state index contributed by atoms with van der Waals surface area (Å²) < 4.78 is 49.0. The highest BCUT2D eigenvalue weighted by atomic mass is 32.2. The Morgan fingerprint density at radius 3 is 2.12 bits per heavy atom. The van der Waals surface area contributed by atoms with Gasteiger partial charge in [-0.2, -0.15) is 0 Å². The van der Waals surface area contributed by atoms with Gasteiger partial charge in [0.2, 0.25) is 0 Å². The van der Waals surface area contributed by atoms with Crippen LogP contribution in [0.4, 0.5) is 5.13 Å². The van der Waals surface area contributed by atoms with E-state index in [9.17, 15) is 21.6 Å². The number of carbonyl (C=O) groups is 1. The normalized spacial score (nSPS) is 15.4. The Bertz CT molecular complexity index is 1400. The number of carbonyl (C=O) groups excluding carboxylic acids is 1. The summed E-state index contributed by atoms with van der Waals surface area (Å²) in [4.78, 5) is 21.8. The van der Waals surface area contributed by atoms with E-state index < -0.39 is 24.9 Å². The lowest BCUT2D eigenvalue weighted by Crippen LogP contribution is -2.48. The molecule has 176 valence electrons. The van der Waals surface area contributed by atoms with Crippen LogP contribution in [0.25, 0.3) is 10.2 Å². The quantitative estimate of drug-likeness (QED) is 0.523. The van der Waals surface area contributed by atoms with Gasteiger partial charge in [-0.1, -0.05) is 11.3 Å². The average molecular weight is 508 g/mol. The number of piperazine rings is 1. The Morgan fingerprint density at radius 1 is 0.939 bits per heavy atom. The van der Waals surface area contributed by atoms with Crippen LogP contribution in [0.1, 0.15) is 24.2 Å². The minimum atomic E-state index is -3.38. The summed E-state index contributed by atoms with van der Waals surface area (Å²) in [6, 6.07) is 11.0. The summed E-state index contributed by atoms with van der Waals surface area (Å²) in [6.45, 7) is 5.48. The molecule has 2 heterocycles. The zero-order valence-corrected chi connectivity index (χ0v) is 21.0. The molecular formula is C22H25N3O5S3. The summed E-state index contributed by atoms with van der Waals surface area (Å²) in [5.74, 6) is -0.134. The molecule has 33 heavy (non-hydrogen) atoms. The van der Waals surface area contributed by atoms with Gasteiger partial charge in [-0.25, -0.2) is 21.8 Å². The molecular weight excluding hydrogens is 482 g/mol. The van der Waals surface area contributed by atoms with E-state index in [2.05, 4.69) is 9.88 Å². The van der Waals surface area contributed by atoms with Crippen molar-refractivity contribution < 1.29 is 21.6 Å². The zero-order valence-electron chi connectivity index (χ0n) is 18.6. The third kappa shape index (κ3) is 4.75. The predicted octanol–water partition coefficient (Wildman–Crippen LogP) is 2.84. The maximum Gasteiger partial charge on any atom is 0.253 e. The van der Waals surface area contributed by atoms with E-state index in [1.165, 1.54) is 29.7 Å². The molecule has 8 nitrogen and oxygen atoms in total. The van der Waals surface area contributed by atoms with Crippen molar-refractivity contribution in [3.63, 3.8) is 0 Å². The molecule has 0 saturated carbocycles. The molecule has 1 aliphatic heterocycles. The second-order valence-electron chi connectivity index (χ2n) is 8.30. The molecule has 0 N–H and O–H groups in total. The number of hydrogen-bond donors (Lipinski definition) is 0. The molecule has 0 bridgehead atoms. The van der Waals surface area contributed by atoms with Gasteiger partial charge in [-0.05, 0) is 56.3 Å². The molecule has 1 fully saturated rings. The third-order valence-corrected chi connectivity index (χ3v) is 10.0. The monoisotopic (exact) mass is 507 g/mol. The molecule has 1 amide bonds. The minimum absolute atomic E-state index is 0.134. The summed E-state index contributed by atoms with van der Waals surface area (Å²) in [5, 5.41) is 0.276. The molecule has 0 unspecified atom stereocenters. The van der Waals surface area contributed by atoms with Gasteiger partial charge in [0, 0.05) is 38.0 Å². The first kappa shape index (κ1) is 23.7. The molecule has 2 aromatic carbocycles. The van der Waals surface area contributed by atoms with E-state index in [0.29, 0.717) is 31.7 Å². The van der Waals surface area contributed by atoms with Crippen molar-refractivity contribution in [2.45, 2.75) is 28.9 Å². The number of rotatable bonds is 5. The van der Waals surface area contributed by atoms with E-state index in [1.807, 2.05) is 0 Å². The molecule has 4 rings (SSSR count). The molecule has 1 aliphatic rings. The summed E-state index contributed by atoms with van der Waals surface area (Å²) >= 11 is 1.44. The molecule has 0 radical (unpaired) electrons. The van der Waals surface area contributed by atoms with Crippen LogP contribution in [0, 0.1) is 0 Å². The summed E-state index contributed by atoms with van der Waals surface area (Å²) in [5.41, 5.74) is 1.21. The van der Waals surface area contributed by atoms with Crippen LogP contribution in [0.15, 0.2) is 52.3 Å². The highest BCUT2D eigenvalue weighted by molar-refractivity contribution is 7.92. The lowest BCUT2D eigenvalue weighted by Gasteiger charge is -2.34. The molecule has 0 spiro atoms. The molecule has 1 saturated heterocycles. The van der Waals surface area contributed by atoms with Gasteiger partial charge in [0.25, 0.3) is 5.91 Å². The Morgan fingerprint density at radius 2 is 1.55 bits per heavy atom. The standard InChI is InChI=1S/C22H25N3O5S3/c1-15(2)33(29,30)17-6-4-16(5-7-17)21(26)24-10-12-25(13-11-24)22-23-19-9-8-18(32(3,27)28)14-20(19)31-22/h4-9,14-15H,10-13H2,1-3H3. The zero-order chi connectivity index (χ0) is 24.0. The van der Waals surface area contributed by atoms with Gasteiger partial charge in [-0.15, -0.1) is 0 Å². The Balaban J connectivity index is 1.44. The van der Waals surface area contributed by atoms with Crippen molar-refractivity contribution in [1.29, 1.82) is 0 Å². The number of aromatic nitrogens is 1. The number of anilines is 1. The average Bonchev–Trinajstić information content (AvgIpc) is 3.21. The van der Waals surface area contributed by atoms with Gasteiger partial charge >= 0.3 is 0 Å². The van der Waals surface area contributed by atoms with Crippen LogP contribution in [-0.4, -0.2) is 70.3 Å². The number of sulfone groups is 2. The Labute approximate surface area is 197 Å². The fourth-order valence-electron chi connectivity index (χ4n) is 3.60. The SMILES string of the molecule is CC(C)S(=O)(=O)c1ccc(C(=O)N2CCN(c3nc4ccc(S(C)(=O)=O)cc4s3)CC2)cc1. The third-order valence-electron chi connectivity index (χ3n) is 5.66. The topological polar surface area (TPSA) is 105 Å². The van der Waals surface area contributed by atoms with Gasteiger partial charge in [0.1, 0.15) is 0 Å². The van der Waals surface area contributed by atoms with E-state index in [1.54, 1.807) is 49.1 Å². The molecule has 0 atom stereocenters. The van der Waals surface area contributed by atoms with E-state index in [-0.39, 0.29) is 15.7 Å². The van der Waals surface area contributed by atoms with Gasteiger partial charge in [0.15, 0.2) is 24.8 Å². The molecule has 1 aromatic heterocycles. The number of hydrogen-bond acceptors (Lipinski definition) is 8. The fourth-order valence-corrected chi connectivity index (χ4v) is 6.44. The van der Waals surface area contributed by atoms with Crippen molar-refractivity contribution >= 4 is 52.3 Å². The molecule has 0 aliphatic carbocycles. The summed E-state index contributed by atoms with van der Waals surface area (Å²) in [7, 11) is -6.66. The van der Waals surface area contributed by atoms with E-state index in [0.717, 1.165) is 15.3 Å². The van der Waals surface area contributed by atoms with Crippen molar-refractivity contribution in [2.24, 2.45) is 0 Å². The Kier molecular flexibility index (Phi) is 6.23. The first-order chi connectivity index (χ1) is 15.5. The van der Waals surface area contributed by atoms with Crippen LogP contribution >= 0.6 is 11.3 Å². The van der Waals surface area contributed by atoms with Crippen LogP contribution in [-0.2, 0) is 19.7 Å². The highest BCUT2D eigenvalue weighted by Crippen LogP contribution is 2.31. The minimum Gasteiger partial charge on any atom is -0.345 e. The summed E-state index contributed by atoms with van der Waals surface area (Å²) in [6.07, 6.45) is 1.18. The van der Waals surface area contributed by atoms with Crippen LogP contribution in [0.2, 0.25) is 0 Å². The van der Waals surface area contributed by atoms with E-state index >= 15 is 0 Å². The van der Waals surface area contributed by atoms with Crippen LogP contribution < -0.4 is 4.90 Å². The van der Waals surface area contributed by atoms with Crippen LogP contribution in [0.5, 0.6) is 0 Å². The number of amides is 1. The Hall–Kier alpha value is -2.50. The first-order valence-corrected chi connectivity index (χ1v) is 14.7. The maximum absolute atomic E-state index is 12.9. The smallest absolute Gasteiger partial charge is 0.253 e. The van der Waals surface area contributed by atoms with Crippen molar-refractivity contribution in [3.05, 3.63) is 48.0 Å². The number of benzene rings is 2. The second-order valence-corrected chi connectivity index (χ2v) is 13.8. The highest BCUT2D eigenvalue weighted by Gasteiger charge is 2.25. The van der Waals surface area contributed by atoms with E-state index in [4.69, 9.17) is 0 Å². The lowest BCUT2D eigenvalue weighted by molar-refractivity contribution is 0.0746.